The molecule has 1 atom stereocenters. The lowest BCUT2D eigenvalue weighted by Gasteiger charge is -2.31. The van der Waals surface area contributed by atoms with E-state index in [0.717, 1.165) is 25.3 Å². The Balaban J connectivity index is 1.90. The van der Waals surface area contributed by atoms with E-state index in [-0.39, 0.29) is 5.97 Å². The van der Waals surface area contributed by atoms with Crippen LogP contribution in [0.5, 0.6) is 0 Å². The van der Waals surface area contributed by atoms with Crippen LogP contribution in [0.1, 0.15) is 35.3 Å². The first-order valence-electron chi connectivity index (χ1n) is 6.74. The van der Waals surface area contributed by atoms with E-state index in [1.807, 2.05) is 12.4 Å². The van der Waals surface area contributed by atoms with E-state index in [2.05, 4.69) is 15.2 Å². The highest BCUT2D eigenvalue weighted by atomic mass is 32.1. The number of aromatic nitrogens is 1. The number of piperidine rings is 1. The number of nitrogens with zero attached hydrogens (tertiary/aromatic N) is 2. The lowest BCUT2D eigenvalue weighted by Crippen LogP contribution is -2.43. The van der Waals surface area contributed by atoms with Crippen LogP contribution in [0.2, 0.25) is 0 Å². The summed E-state index contributed by atoms with van der Waals surface area (Å²) in [6.45, 7) is 5.16. The first-order valence-corrected chi connectivity index (χ1v) is 7.62. The molecular weight excluding hydrogens is 262 g/mol. The third kappa shape index (κ3) is 3.99. The Morgan fingerprint density at radius 3 is 3.26 bits per heavy atom. The van der Waals surface area contributed by atoms with Gasteiger partial charge in [-0.3, -0.25) is 4.90 Å². The number of esters is 1. The number of likely N-dealkylation sites (N-methyl/N-ethyl adjacent to an activating group) is 1. The molecule has 1 aromatic heterocycles. The van der Waals surface area contributed by atoms with E-state index in [9.17, 15) is 4.79 Å². The number of rotatable bonds is 5. The average molecular weight is 283 g/mol. The van der Waals surface area contributed by atoms with Gasteiger partial charge in [0.25, 0.3) is 0 Å². The monoisotopic (exact) mass is 283 g/mol. The summed E-state index contributed by atoms with van der Waals surface area (Å²) >= 11 is 1.36. The van der Waals surface area contributed by atoms with Gasteiger partial charge in [0.2, 0.25) is 5.01 Å². The molecule has 0 aliphatic carbocycles. The highest BCUT2D eigenvalue weighted by Crippen LogP contribution is 2.16. The smallest absolute Gasteiger partial charge is 0.367 e. The molecule has 0 bridgehead atoms. The van der Waals surface area contributed by atoms with Crippen molar-refractivity contribution in [3.63, 3.8) is 0 Å². The first kappa shape index (κ1) is 14.4. The number of nitrogens with one attached hydrogen (secondary N) is 1. The number of thiazole rings is 1. The first-order chi connectivity index (χ1) is 9.22. The summed E-state index contributed by atoms with van der Waals surface area (Å²) in [5.74, 6) is -0.314. The van der Waals surface area contributed by atoms with Crippen molar-refractivity contribution in [1.29, 1.82) is 0 Å². The van der Waals surface area contributed by atoms with Crippen molar-refractivity contribution in [2.75, 3.05) is 26.7 Å². The Kier molecular flexibility index (Phi) is 5.30. The Morgan fingerprint density at radius 2 is 2.53 bits per heavy atom. The van der Waals surface area contributed by atoms with Gasteiger partial charge in [-0.2, -0.15) is 0 Å². The van der Waals surface area contributed by atoms with E-state index in [4.69, 9.17) is 4.74 Å². The number of hydrogen-bond donors (Lipinski definition) is 1. The lowest BCUT2D eigenvalue weighted by atomic mass is 10.1. The van der Waals surface area contributed by atoms with Gasteiger partial charge in [-0.05, 0) is 33.4 Å². The summed E-state index contributed by atoms with van der Waals surface area (Å²) < 4.78 is 4.95. The van der Waals surface area contributed by atoms with Crippen LogP contribution >= 0.6 is 11.3 Å². The maximum absolute atomic E-state index is 11.6. The fraction of sp³-hybridized carbons (Fsp3) is 0.692. The fourth-order valence-electron chi connectivity index (χ4n) is 2.33. The second-order valence-electron chi connectivity index (χ2n) is 4.73. The van der Waals surface area contributed by atoms with Gasteiger partial charge < -0.3 is 10.1 Å². The van der Waals surface area contributed by atoms with Crippen molar-refractivity contribution in [2.45, 2.75) is 32.4 Å². The molecule has 106 valence electrons. The maximum Gasteiger partial charge on any atom is 0.367 e. The number of likely N-dealkylation sites (tertiary alicyclic amines) is 1. The normalized spacial score (nSPS) is 20.4. The van der Waals surface area contributed by atoms with Gasteiger partial charge in [0.15, 0.2) is 0 Å². The Bertz CT molecular complexity index is 422. The number of ether oxygens (including phenoxy) is 1. The molecule has 1 saturated heterocycles. The van der Waals surface area contributed by atoms with Gasteiger partial charge in [0, 0.05) is 24.5 Å². The molecular formula is C13H21N3O2S. The van der Waals surface area contributed by atoms with Gasteiger partial charge in [-0.15, -0.1) is 11.3 Å². The van der Waals surface area contributed by atoms with Crippen molar-refractivity contribution in [3.8, 4) is 0 Å². The Labute approximate surface area is 118 Å². The Hall–Kier alpha value is -0.980. The molecule has 0 spiro atoms. The van der Waals surface area contributed by atoms with Crippen LogP contribution in [0, 0.1) is 0 Å². The minimum atomic E-state index is -0.314. The van der Waals surface area contributed by atoms with E-state index in [1.165, 1.54) is 24.2 Å². The molecule has 1 aliphatic rings. The molecule has 0 amide bonds. The number of hydrogen-bond acceptors (Lipinski definition) is 6. The molecule has 1 unspecified atom stereocenters. The maximum atomic E-state index is 11.6. The molecule has 1 aliphatic heterocycles. The topological polar surface area (TPSA) is 54.5 Å². The van der Waals surface area contributed by atoms with E-state index in [1.54, 1.807) is 6.92 Å². The van der Waals surface area contributed by atoms with Crippen molar-refractivity contribution < 1.29 is 9.53 Å². The Morgan fingerprint density at radius 1 is 1.68 bits per heavy atom. The van der Waals surface area contributed by atoms with E-state index >= 15 is 0 Å². The highest BCUT2D eigenvalue weighted by Gasteiger charge is 2.20. The molecule has 2 heterocycles. The number of carbonyl (C=O) groups excluding carboxylic acids is 1. The van der Waals surface area contributed by atoms with Gasteiger partial charge in [0.05, 0.1) is 12.3 Å². The third-order valence-corrected chi connectivity index (χ3v) is 4.17. The molecule has 1 N–H and O–H groups in total. The van der Waals surface area contributed by atoms with Gasteiger partial charge in [-0.25, -0.2) is 9.78 Å². The van der Waals surface area contributed by atoms with Gasteiger partial charge >= 0.3 is 5.97 Å². The molecule has 5 nitrogen and oxygen atoms in total. The van der Waals surface area contributed by atoms with Crippen LogP contribution in [0.15, 0.2) is 5.38 Å². The zero-order valence-corrected chi connectivity index (χ0v) is 12.3. The molecule has 6 heteroatoms. The SMILES string of the molecule is CCOC(=O)c1nc(CN2CCCC(NC)C2)cs1. The van der Waals surface area contributed by atoms with Crippen molar-refractivity contribution in [1.82, 2.24) is 15.2 Å². The molecule has 19 heavy (non-hydrogen) atoms. The van der Waals surface area contributed by atoms with E-state index in [0.29, 0.717) is 17.7 Å². The highest BCUT2D eigenvalue weighted by molar-refractivity contribution is 7.11. The zero-order valence-electron chi connectivity index (χ0n) is 11.5. The second-order valence-corrected chi connectivity index (χ2v) is 5.59. The minimum absolute atomic E-state index is 0.314. The van der Waals surface area contributed by atoms with Gasteiger partial charge in [0.1, 0.15) is 0 Å². The minimum Gasteiger partial charge on any atom is -0.461 e. The summed E-state index contributed by atoms with van der Waals surface area (Å²) in [5, 5.41) is 5.74. The fourth-order valence-corrected chi connectivity index (χ4v) is 3.03. The summed E-state index contributed by atoms with van der Waals surface area (Å²) in [6, 6.07) is 0.567. The average Bonchev–Trinajstić information content (AvgIpc) is 2.88. The molecule has 2 rings (SSSR count). The van der Waals surface area contributed by atoms with Crippen molar-refractivity contribution in [2.24, 2.45) is 0 Å². The number of carbonyl (C=O) groups is 1. The molecule has 0 saturated carbocycles. The van der Waals surface area contributed by atoms with Crippen LogP contribution < -0.4 is 5.32 Å². The molecule has 0 aromatic carbocycles. The summed E-state index contributed by atoms with van der Waals surface area (Å²) in [6.07, 6.45) is 2.44. The second kappa shape index (κ2) is 6.98. The summed E-state index contributed by atoms with van der Waals surface area (Å²) in [7, 11) is 2.01. The predicted molar refractivity (Wildman–Crippen MR) is 75.4 cm³/mol. The van der Waals surface area contributed by atoms with Crippen LogP contribution in [0.25, 0.3) is 0 Å². The van der Waals surface area contributed by atoms with Crippen LogP contribution in [-0.2, 0) is 11.3 Å². The predicted octanol–water partition coefficient (Wildman–Crippen LogP) is 1.50. The largest absolute Gasteiger partial charge is 0.461 e. The van der Waals surface area contributed by atoms with Crippen LogP contribution in [0.3, 0.4) is 0 Å². The lowest BCUT2D eigenvalue weighted by molar-refractivity contribution is 0.0525. The van der Waals surface area contributed by atoms with Crippen LogP contribution in [-0.4, -0.2) is 48.6 Å². The standard InChI is InChI=1S/C13H21N3O2S/c1-3-18-13(17)12-15-11(9-19-12)8-16-6-4-5-10(7-16)14-2/h9-10,14H,3-8H2,1-2H3. The van der Waals surface area contributed by atoms with E-state index < -0.39 is 0 Å². The zero-order chi connectivity index (χ0) is 13.7. The van der Waals surface area contributed by atoms with Gasteiger partial charge in [-0.1, -0.05) is 0 Å². The quantitative estimate of drug-likeness (QED) is 0.830. The summed E-state index contributed by atoms with van der Waals surface area (Å²) in [5.41, 5.74) is 0.963. The van der Waals surface area contributed by atoms with Crippen molar-refractivity contribution in [3.05, 3.63) is 16.1 Å². The van der Waals surface area contributed by atoms with Crippen molar-refractivity contribution >= 4 is 17.3 Å². The van der Waals surface area contributed by atoms with Crippen LogP contribution in [0.4, 0.5) is 0 Å². The molecule has 0 radical (unpaired) electrons. The molecule has 1 fully saturated rings. The third-order valence-electron chi connectivity index (χ3n) is 3.30. The summed E-state index contributed by atoms with van der Waals surface area (Å²) in [4.78, 5) is 18.3. The molecule has 1 aromatic rings.